The van der Waals surface area contributed by atoms with Gasteiger partial charge in [-0.05, 0) is 31.5 Å². The average molecular weight is 275 g/mol. The normalized spacial score (nSPS) is 18.5. The molecule has 5 heteroatoms. The van der Waals surface area contributed by atoms with Gasteiger partial charge in [-0.15, -0.1) is 12.4 Å². The van der Waals surface area contributed by atoms with E-state index in [1.807, 2.05) is 12.1 Å². The van der Waals surface area contributed by atoms with Crippen molar-refractivity contribution in [3.8, 4) is 0 Å². The fourth-order valence-electron chi connectivity index (χ4n) is 1.89. The van der Waals surface area contributed by atoms with Crippen molar-refractivity contribution < 1.29 is 4.79 Å². The van der Waals surface area contributed by atoms with Gasteiger partial charge in [-0.2, -0.15) is 0 Å². The van der Waals surface area contributed by atoms with E-state index in [0.29, 0.717) is 23.2 Å². The molecule has 0 unspecified atom stereocenters. The molecule has 94 valence electrons. The molecule has 1 aromatic rings. The fourth-order valence-corrected chi connectivity index (χ4v) is 2.11. The summed E-state index contributed by atoms with van der Waals surface area (Å²) in [6, 6.07) is 7.50. The summed E-state index contributed by atoms with van der Waals surface area (Å²) in [5.74, 6) is -0.0979. The highest BCUT2D eigenvalue weighted by molar-refractivity contribution is 6.33. The van der Waals surface area contributed by atoms with Crippen LogP contribution in [0.3, 0.4) is 0 Å². The third kappa shape index (κ3) is 3.87. The number of benzene rings is 1. The highest BCUT2D eigenvalue weighted by Gasteiger charge is 2.16. The smallest absolute Gasteiger partial charge is 0.252 e. The molecule has 0 saturated carbocycles. The standard InChI is InChI=1S/C12H15ClN2O.ClH/c13-11-6-2-1-5-10(11)12(16)15-8-9-4-3-7-14-9;/h1-2,5-6,9,14H,3-4,7-8H2,(H,15,16);1H/t9-;/m1./s1. The van der Waals surface area contributed by atoms with E-state index >= 15 is 0 Å². The van der Waals surface area contributed by atoms with Crippen LogP contribution >= 0.6 is 24.0 Å². The number of carbonyl (C=O) groups is 1. The lowest BCUT2D eigenvalue weighted by Gasteiger charge is -2.11. The molecule has 1 aliphatic rings. The van der Waals surface area contributed by atoms with Gasteiger partial charge in [0.05, 0.1) is 10.6 Å². The lowest BCUT2D eigenvalue weighted by molar-refractivity contribution is 0.0950. The van der Waals surface area contributed by atoms with Gasteiger partial charge in [0, 0.05) is 12.6 Å². The van der Waals surface area contributed by atoms with Gasteiger partial charge in [-0.3, -0.25) is 4.79 Å². The van der Waals surface area contributed by atoms with E-state index in [9.17, 15) is 4.79 Å². The van der Waals surface area contributed by atoms with Crippen LogP contribution in [0.15, 0.2) is 24.3 Å². The van der Waals surface area contributed by atoms with Gasteiger partial charge in [0.15, 0.2) is 0 Å². The van der Waals surface area contributed by atoms with Gasteiger partial charge < -0.3 is 10.6 Å². The molecule has 3 nitrogen and oxygen atoms in total. The van der Waals surface area contributed by atoms with Crippen LogP contribution in [0, 0.1) is 0 Å². The van der Waals surface area contributed by atoms with E-state index in [-0.39, 0.29) is 18.3 Å². The van der Waals surface area contributed by atoms with E-state index in [4.69, 9.17) is 11.6 Å². The Balaban J connectivity index is 0.00000144. The number of nitrogens with one attached hydrogen (secondary N) is 2. The highest BCUT2D eigenvalue weighted by atomic mass is 35.5. The molecule has 1 aliphatic heterocycles. The van der Waals surface area contributed by atoms with Gasteiger partial charge >= 0.3 is 0 Å². The molecule has 1 fully saturated rings. The molecule has 2 N–H and O–H groups in total. The maximum absolute atomic E-state index is 11.8. The Bertz CT molecular complexity index is 379. The Morgan fingerprint density at radius 3 is 2.88 bits per heavy atom. The third-order valence-electron chi connectivity index (χ3n) is 2.79. The molecule has 0 aliphatic carbocycles. The minimum atomic E-state index is -0.0979. The van der Waals surface area contributed by atoms with Crippen molar-refractivity contribution >= 4 is 29.9 Å². The topological polar surface area (TPSA) is 41.1 Å². The molecule has 0 spiro atoms. The maximum Gasteiger partial charge on any atom is 0.252 e. The molecule has 1 heterocycles. The molecule has 1 atom stereocenters. The third-order valence-corrected chi connectivity index (χ3v) is 3.12. The van der Waals surface area contributed by atoms with Crippen LogP contribution in [0.25, 0.3) is 0 Å². The van der Waals surface area contributed by atoms with Crippen LogP contribution in [-0.2, 0) is 0 Å². The minimum Gasteiger partial charge on any atom is -0.350 e. The predicted octanol–water partition coefficient (Wildman–Crippen LogP) is 2.24. The fraction of sp³-hybridized carbons (Fsp3) is 0.417. The van der Waals surface area contributed by atoms with Gasteiger partial charge in [-0.1, -0.05) is 23.7 Å². The zero-order chi connectivity index (χ0) is 11.4. The molecule has 1 amide bonds. The predicted molar refractivity (Wildman–Crippen MR) is 72.1 cm³/mol. The van der Waals surface area contributed by atoms with Crippen LogP contribution in [0.2, 0.25) is 5.02 Å². The molecule has 2 rings (SSSR count). The summed E-state index contributed by atoms with van der Waals surface area (Å²) in [6.45, 7) is 1.72. The van der Waals surface area contributed by atoms with Crippen molar-refractivity contribution in [2.24, 2.45) is 0 Å². The second-order valence-corrected chi connectivity index (χ2v) is 4.39. The summed E-state index contributed by atoms with van der Waals surface area (Å²) in [7, 11) is 0. The van der Waals surface area contributed by atoms with Crippen molar-refractivity contribution in [2.75, 3.05) is 13.1 Å². The Morgan fingerprint density at radius 1 is 1.47 bits per heavy atom. The number of halogens is 2. The molecule has 0 radical (unpaired) electrons. The molecule has 1 aromatic carbocycles. The van der Waals surface area contributed by atoms with Crippen LogP contribution in [0.1, 0.15) is 23.2 Å². The first-order valence-corrected chi connectivity index (χ1v) is 5.91. The zero-order valence-corrected chi connectivity index (χ0v) is 11.0. The molecule has 0 aromatic heterocycles. The van der Waals surface area contributed by atoms with Gasteiger partial charge in [0.1, 0.15) is 0 Å². The first-order chi connectivity index (χ1) is 7.77. The summed E-state index contributed by atoms with van der Waals surface area (Å²) in [5, 5.41) is 6.73. The molecule has 17 heavy (non-hydrogen) atoms. The zero-order valence-electron chi connectivity index (χ0n) is 9.41. The minimum absolute atomic E-state index is 0. The number of hydrogen-bond donors (Lipinski definition) is 2. The molecular weight excluding hydrogens is 259 g/mol. The SMILES string of the molecule is Cl.O=C(NC[C@H]1CCCN1)c1ccccc1Cl. The number of rotatable bonds is 3. The summed E-state index contributed by atoms with van der Waals surface area (Å²) in [5.41, 5.74) is 0.544. The van der Waals surface area contributed by atoms with Gasteiger partial charge in [0.2, 0.25) is 0 Å². The summed E-state index contributed by atoms with van der Waals surface area (Å²) >= 11 is 5.94. The summed E-state index contributed by atoms with van der Waals surface area (Å²) in [6.07, 6.45) is 2.31. The lowest BCUT2D eigenvalue weighted by Crippen LogP contribution is -2.37. The second kappa shape index (κ2) is 6.84. The van der Waals surface area contributed by atoms with E-state index in [2.05, 4.69) is 10.6 Å². The molecular formula is C12H16Cl2N2O. The van der Waals surface area contributed by atoms with Crippen LogP contribution in [-0.4, -0.2) is 25.0 Å². The van der Waals surface area contributed by atoms with E-state index < -0.39 is 0 Å². The van der Waals surface area contributed by atoms with E-state index in [1.54, 1.807) is 12.1 Å². The molecule has 0 bridgehead atoms. The van der Waals surface area contributed by atoms with Gasteiger partial charge in [0.25, 0.3) is 5.91 Å². The first kappa shape index (κ1) is 14.3. The molecule has 1 saturated heterocycles. The second-order valence-electron chi connectivity index (χ2n) is 3.98. The van der Waals surface area contributed by atoms with Crippen LogP contribution in [0.5, 0.6) is 0 Å². The summed E-state index contributed by atoms with van der Waals surface area (Å²) in [4.78, 5) is 11.8. The van der Waals surface area contributed by atoms with Crippen LogP contribution < -0.4 is 10.6 Å². The van der Waals surface area contributed by atoms with Crippen molar-refractivity contribution in [3.05, 3.63) is 34.9 Å². The Morgan fingerprint density at radius 2 is 2.24 bits per heavy atom. The number of amides is 1. The first-order valence-electron chi connectivity index (χ1n) is 5.53. The van der Waals surface area contributed by atoms with Crippen molar-refractivity contribution in [1.29, 1.82) is 0 Å². The van der Waals surface area contributed by atoms with Crippen LogP contribution in [0.4, 0.5) is 0 Å². The quantitative estimate of drug-likeness (QED) is 0.888. The Labute approximate surface area is 112 Å². The van der Waals surface area contributed by atoms with Crippen molar-refractivity contribution in [2.45, 2.75) is 18.9 Å². The highest BCUT2D eigenvalue weighted by Crippen LogP contribution is 2.14. The van der Waals surface area contributed by atoms with E-state index in [1.165, 1.54) is 6.42 Å². The monoisotopic (exact) mass is 274 g/mol. The Kier molecular flexibility index (Phi) is 5.75. The van der Waals surface area contributed by atoms with Crippen molar-refractivity contribution in [3.63, 3.8) is 0 Å². The summed E-state index contributed by atoms with van der Waals surface area (Å²) < 4.78 is 0. The van der Waals surface area contributed by atoms with E-state index in [0.717, 1.165) is 13.0 Å². The Hall–Kier alpha value is -0.770. The lowest BCUT2D eigenvalue weighted by atomic mass is 10.2. The number of carbonyl (C=O) groups excluding carboxylic acids is 1. The van der Waals surface area contributed by atoms with Gasteiger partial charge in [-0.25, -0.2) is 0 Å². The van der Waals surface area contributed by atoms with Crippen molar-refractivity contribution in [1.82, 2.24) is 10.6 Å². The maximum atomic E-state index is 11.8. The average Bonchev–Trinajstić information content (AvgIpc) is 2.79. The largest absolute Gasteiger partial charge is 0.350 e. The number of hydrogen-bond acceptors (Lipinski definition) is 2.